The maximum Gasteiger partial charge on any atom is 0.160 e. The molecule has 0 saturated heterocycles. The van der Waals surface area contributed by atoms with Gasteiger partial charge in [-0.2, -0.15) is 0 Å². The molecule has 2 aromatic carbocycles. The van der Waals surface area contributed by atoms with Gasteiger partial charge in [0.2, 0.25) is 0 Å². The van der Waals surface area contributed by atoms with Gasteiger partial charge in [-0.1, -0.05) is 30.3 Å². The van der Waals surface area contributed by atoms with Gasteiger partial charge in [-0.3, -0.25) is 4.98 Å². The Morgan fingerprint density at radius 3 is 2.29 bits per heavy atom. The van der Waals surface area contributed by atoms with Crippen molar-refractivity contribution in [3.63, 3.8) is 0 Å². The van der Waals surface area contributed by atoms with Gasteiger partial charge in [0, 0.05) is 24.3 Å². The molecule has 0 fully saturated rings. The number of pyridine rings is 1. The molecule has 0 spiro atoms. The lowest BCUT2D eigenvalue weighted by Crippen LogP contribution is -2.01. The third-order valence-corrected chi connectivity index (χ3v) is 4.35. The van der Waals surface area contributed by atoms with E-state index in [1.807, 2.05) is 48.8 Å². The second-order valence-corrected chi connectivity index (χ2v) is 5.84. The Balaban J connectivity index is 1.87. The van der Waals surface area contributed by atoms with Gasteiger partial charge >= 0.3 is 0 Å². The van der Waals surface area contributed by atoms with Crippen molar-refractivity contribution in [3.8, 4) is 0 Å². The topological polar surface area (TPSA) is 43.6 Å². The van der Waals surface area contributed by atoms with Gasteiger partial charge in [-0.15, -0.1) is 0 Å². The second kappa shape index (κ2) is 5.13. The fraction of sp³-hybridized carbons (Fsp3) is 0.0500. The number of rotatable bonds is 2. The first-order valence-corrected chi connectivity index (χ1v) is 7.93. The van der Waals surface area contributed by atoms with Crippen molar-refractivity contribution in [3.05, 3.63) is 78.6 Å². The van der Waals surface area contributed by atoms with Gasteiger partial charge in [0.1, 0.15) is 5.52 Å². The molecular weight excluding hydrogens is 296 g/mol. The molecule has 3 heterocycles. The predicted molar refractivity (Wildman–Crippen MR) is 95.9 cm³/mol. The Hall–Kier alpha value is -3.27. The summed E-state index contributed by atoms with van der Waals surface area (Å²) in [5.41, 5.74) is 6.08. The Labute approximate surface area is 138 Å². The Morgan fingerprint density at radius 2 is 1.46 bits per heavy atom. The van der Waals surface area contributed by atoms with Crippen LogP contribution >= 0.6 is 0 Å². The molecule has 114 valence electrons. The van der Waals surface area contributed by atoms with Crippen LogP contribution in [0.15, 0.2) is 73.1 Å². The van der Waals surface area contributed by atoms with Gasteiger partial charge in [0.05, 0.1) is 16.6 Å². The molecule has 0 radical (unpaired) electrons. The van der Waals surface area contributed by atoms with Crippen LogP contribution in [0.1, 0.15) is 5.56 Å². The van der Waals surface area contributed by atoms with Crippen molar-refractivity contribution in [2.75, 3.05) is 0 Å². The van der Waals surface area contributed by atoms with E-state index in [1.165, 1.54) is 5.56 Å². The van der Waals surface area contributed by atoms with E-state index >= 15 is 0 Å². The van der Waals surface area contributed by atoms with E-state index in [0.29, 0.717) is 0 Å². The highest BCUT2D eigenvalue weighted by Crippen LogP contribution is 2.28. The van der Waals surface area contributed by atoms with Crippen molar-refractivity contribution in [2.24, 2.45) is 0 Å². The summed E-state index contributed by atoms with van der Waals surface area (Å²) in [7, 11) is 0. The monoisotopic (exact) mass is 310 g/mol. The van der Waals surface area contributed by atoms with Crippen molar-refractivity contribution >= 4 is 33.1 Å². The van der Waals surface area contributed by atoms with Crippen LogP contribution in [0.2, 0.25) is 0 Å². The molecule has 0 amide bonds. The van der Waals surface area contributed by atoms with Crippen LogP contribution in [-0.4, -0.2) is 19.5 Å². The minimum absolute atomic E-state index is 0.750. The third kappa shape index (κ3) is 1.97. The van der Waals surface area contributed by atoms with Crippen molar-refractivity contribution < 1.29 is 0 Å². The summed E-state index contributed by atoms with van der Waals surface area (Å²) in [6.07, 6.45) is 3.65. The average Bonchev–Trinajstić information content (AvgIpc) is 2.94. The first-order chi connectivity index (χ1) is 11.9. The molecule has 0 aliphatic carbocycles. The number of aromatic nitrogens is 4. The van der Waals surface area contributed by atoms with Gasteiger partial charge in [-0.05, 0) is 35.9 Å². The first-order valence-electron chi connectivity index (χ1n) is 7.93. The molecular formula is C20H14N4. The molecule has 0 atom stereocenters. The number of hydrogen-bond acceptors (Lipinski definition) is 3. The van der Waals surface area contributed by atoms with Crippen LogP contribution in [0.4, 0.5) is 0 Å². The maximum absolute atomic E-state index is 4.90. The molecule has 4 nitrogen and oxygen atoms in total. The van der Waals surface area contributed by atoms with Crippen molar-refractivity contribution in [1.29, 1.82) is 0 Å². The summed E-state index contributed by atoms with van der Waals surface area (Å²) in [6.45, 7) is 0.750. The number of nitrogens with zero attached hydrogens (tertiary/aromatic N) is 4. The number of fused-ring (bicyclic) bond motifs is 4. The van der Waals surface area contributed by atoms with Crippen molar-refractivity contribution in [2.45, 2.75) is 6.54 Å². The largest absolute Gasteiger partial charge is 0.319 e. The molecule has 0 bridgehead atoms. The molecule has 24 heavy (non-hydrogen) atoms. The lowest BCUT2D eigenvalue weighted by atomic mass is 10.2. The predicted octanol–water partition coefficient (Wildman–Crippen LogP) is 4.18. The lowest BCUT2D eigenvalue weighted by Gasteiger charge is -2.07. The van der Waals surface area contributed by atoms with E-state index in [-0.39, 0.29) is 0 Å². The smallest absolute Gasteiger partial charge is 0.160 e. The number of hydrogen-bond donors (Lipinski definition) is 0. The molecule has 0 unspecified atom stereocenters. The normalized spacial score (nSPS) is 11.5. The summed E-state index contributed by atoms with van der Waals surface area (Å²) >= 11 is 0. The van der Waals surface area contributed by atoms with Gasteiger partial charge in [0.25, 0.3) is 0 Å². The summed E-state index contributed by atoms with van der Waals surface area (Å²) in [5.74, 6) is 0. The quantitative estimate of drug-likeness (QED) is 0.491. The number of benzene rings is 2. The summed E-state index contributed by atoms with van der Waals surface area (Å²) < 4.78 is 2.24. The third-order valence-electron chi connectivity index (χ3n) is 4.35. The van der Waals surface area contributed by atoms with Crippen LogP contribution in [0.25, 0.3) is 33.1 Å². The summed E-state index contributed by atoms with van der Waals surface area (Å²) in [6, 6.07) is 20.4. The second-order valence-electron chi connectivity index (χ2n) is 5.84. The van der Waals surface area contributed by atoms with Crippen LogP contribution in [0.5, 0.6) is 0 Å². The minimum atomic E-state index is 0.750. The summed E-state index contributed by atoms with van der Waals surface area (Å²) in [5, 5.41) is 1.14. The van der Waals surface area contributed by atoms with E-state index in [9.17, 15) is 0 Å². The van der Waals surface area contributed by atoms with Gasteiger partial charge in [0.15, 0.2) is 5.65 Å². The average molecular weight is 310 g/mol. The lowest BCUT2D eigenvalue weighted by molar-refractivity contribution is 0.855. The standard InChI is InChI=1S/C20H14N4/c1-4-8-18-15(5-1)19-20(23-17-7-3-2-6-16(17)22-19)24(18)13-14-9-11-21-12-10-14/h1-12H,13H2. The Bertz CT molecular complexity index is 1180. The molecule has 3 aromatic heterocycles. The van der Waals surface area contributed by atoms with Crippen LogP contribution in [0.3, 0.4) is 0 Å². The Kier molecular flexibility index (Phi) is 2.82. The molecule has 4 heteroatoms. The van der Waals surface area contributed by atoms with E-state index in [2.05, 4.69) is 33.8 Å². The SMILES string of the molecule is c1ccc2nc3c(nc2c1)c1ccccc1n3Cc1ccncc1. The Morgan fingerprint density at radius 1 is 0.750 bits per heavy atom. The fourth-order valence-corrected chi connectivity index (χ4v) is 3.21. The molecule has 0 aliphatic heterocycles. The van der Waals surface area contributed by atoms with Crippen LogP contribution < -0.4 is 0 Å². The molecule has 5 rings (SSSR count). The van der Waals surface area contributed by atoms with E-state index < -0.39 is 0 Å². The van der Waals surface area contributed by atoms with Crippen molar-refractivity contribution in [1.82, 2.24) is 19.5 Å². The zero-order valence-corrected chi connectivity index (χ0v) is 12.9. The van der Waals surface area contributed by atoms with Gasteiger partial charge < -0.3 is 4.57 Å². The van der Waals surface area contributed by atoms with E-state index in [1.54, 1.807) is 0 Å². The molecule has 5 aromatic rings. The highest BCUT2D eigenvalue weighted by Gasteiger charge is 2.14. The molecule has 0 N–H and O–H groups in total. The number of para-hydroxylation sites is 3. The zero-order valence-electron chi connectivity index (χ0n) is 12.9. The fourth-order valence-electron chi connectivity index (χ4n) is 3.21. The van der Waals surface area contributed by atoms with Crippen LogP contribution in [-0.2, 0) is 6.54 Å². The minimum Gasteiger partial charge on any atom is -0.319 e. The maximum atomic E-state index is 4.90. The van der Waals surface area contributed by atoms with Gasteiger partial charge in [-0.25, -0.2) is 9.97 Å². The zero-order chi connectivity index (χ0) is 15.9. The van der Waals surface area contributed by atoms with Crippen LogP contribution in [0, 0.1) is 0 Å². The first kappa shape index (κ1) is 13.2. The highest BCUT2D eigenvalue weighted by atomic mass is 15.1. The summed E-state index contributed by atoms with van der Waals surface area (Å²) in [4.78, 5) is 13.9. The molecule has 0 aliphatic rings. The van der Waals surface area contributed by atoms with E-state index in [0.717, 1.165) is 39.6 Å². The highest BCUT2D eigenvalue weighted by molar-refractivity contribution is 6.06. The van der Waals surface area contributed by atoms with E-state index in [4.69, 9.17) is 9.97 Å². The molecule has 0 saturated carbocycles.